The molecule has 0 saturated carbocycles. The summed E-state index contributed by atoms with van der Waals surface area (Å²) in [6.07, 6.45) is 3.45. The molecule has 0 radical (unpaired) electrons. The van der Waals surface area contributed by atoms with Crippen LogP contribution in [0.25, 0.3) is 22.0 Å². The minimum atomic E-state index is -0.539. The highest BCUT2D eigenvalue weighted by molar-refractivity contribution is 14.2. The molecule has 284 valence electrons. The number of nitrogens with zero attached hydrogens (tertiary/aromatic N) is 3. The number of carbonyl (C=O) groups excluding carboxylic acids is 1. The van der Waals surface area contributed by atoms with Crippen LogP contribution >= 0.6 is 30.3 Å². The van der Waals surface area contributed by atoms with Gasteiger partial charge in [-0.15, -0.1) is 0 Å². The van der Waals surface area contributed by atoms with Crippen LogP contribution in [0.3, 0.4) is 0 Å². The predicted molar refractivity (Wildman–Crippen MR) is 209 cm³/mol. The Morgan fingerprint density at radius 1 is 0.865 bits per heavy atom. The molecule has 2 heterocycles. The second kappa shape index (κ2) is 21.8. The molecule has 0 saturated heterocycles. The number of nitro benzene ring substituents is 1. The number of aryl methyl sites for hydroxylation is 1. The molecular formula is C36H46IN3O11S. The van der Waals surface area contributed by atoms with E-state index < -0.39 is 16.5 Å². The van der Waals surface area contributed by atoms with Crippen molar-refractivity contribution in [2.75, 3.05) is 59.5 Å². The van der Waals surface area contributed by atoms with Gasteiger partial charge in [0.25, 0.3) is 11.2 Å². The molecule has 16 heteroatoms. The largest absolute Gasteiger partial charge is 0.491 e. The maximum atomic E-state index is 13.0. The van der Waals surface area contributed by atoms with Gasteiger partial charge >= 0.3 is 5.97 Å². The van der Waals surface area contributed by atoms with Gasteiger partial charge in [0.05, 0.1) is 51.2 Å². The predicted octanol–water partition coefficient (Wildman–Crippen LogP) is 7.37. The average Bonchev–Trinajstić information content (AvgIpc) is 3.55. The molecule has 0 aliphatic rings. The smallest absolute Gasteiger partial charge is 0.332 e. The molecule has 0 unspecified atom stereocenters. The molecule has 0 atom stereocenters. The van der Waals surface area contributed by atoms with Gasteiger partial charge < -0.3 is 37.7 Å². The number of carbonyl (C=O) groups is 1. The van der Waals surface area contributed by atoms with Crippen LogP contribution < -0.4 is 15.0 Å². The molecule has 2 aromatic carbocycles. The Balaban J connectivity index is 0.00000358. The average molecular weight is 856 g/mol. The van der Waals surface area contributed by atoms with E-state index in [1.54, 1.807) is 74.5 Å². The van der Waals surface area contributed by atoms with E-state index in [-0.39, 0.29) is 24.5 Å². The van der Waals surface area contributed by atoms with Crippen molar-refractivity contribution in [1.82, 2.24) is 8.54 Å². The number of benzene rings is 2. The van der Waals surface area contributed by atoms with Crippen LogP contribution in [-0.2, 0) is 35.5 Å². The molecule has 0 aliphatic carbocycles. The van der Waals surface area contributed by atoms with Gasteiger partial charge in [0.15, 0.2) is 0 Å². The van der Waals surface area contributed by atoms with Crippen LogP contribution in [0.5, 0.6) is 17.2 Å². The van der Waals surface area contributed by atoms with E-state index >= 15 is 0 Å². The number of ether oxygens (including phenoxy) is 7. The number of pyridine rings is 1. The number of aromatic nitrogens is 2. The first-order valence-corrected chi connectivity index (χ1v) is 20.0. The van der Waals surface area contributed by atoms with Gasteiger partial charge in [-0.1, -0.05) is 19.9 Å². The Bertz CT molecular complexity index is 1810. The van der Waals surface area contributed by atoms with E-state index in [1.165, 1.54) is 25.8 Å². The fourth-order valence-corrected chi connectivity index (χ4v) is 6.03. The monoisotopic (exact) mass is 855 g/mol. The number of fused-ring (bicyclic) bond motifs is 1. The van der Waals surface area contributed by atoms with E-state index in [1.807, 2.05) is 19.9 Å². The molecule has 52 heavy (non-hydrogen) atoms. The van der Waals surface area contributed by atoms with Crippen LogP contribution in [0.15, 0.2) is 65.7 Å². The quantitative estimate of drug-likeness (QED) is 0.0287. The van der Waals surface area contributed by atoms with Crippen molar-refractivity contribution in [2.45, 2.75) is 40.2 Å². The summed E-state index contributed by atoms with van der Waals surface area (Å²) < 4.78 is 42.2. The Hall–Kier alpha value is -3.68. The highest BCUT2D eigenvalue weighted by Crippen LogP contribution is 2.40. The van der Waals surface area contributed by atoms with Gasteiger partial charge in [-0.05, 0) is 45.0 Å². The topological polar surface area (TPSA) is 152 Å². The first-order chi connectivity index (χ1) is 25.0. The molecule has 0 fully saturated rings. The van der Waals surface area contributed by atoms with Gasteiger partial charge in [-0.3, -0.25) is 18.9 Å². The lowest BCUT2D eigenvalue weighted by Crippen LogP contribution is -2.27. The van der Waals surface area contributed by atoms with Crippen molar-refractivity contribution in [3.05, 3.63) is 81.4 Å². The van der Waals surface area contributed by atoms with Crippen LogP contribution in [0.1, 0.15) is 34.6 Å². The zero-order valence-corrected chi connectivity index (χ0v) is 33.2. The number of hydrogen-bond donors (Lipinski definition) is 0. The molecule has 0 spiro atoms. The second-order valence-electron chi connectivity index (χ2n) is 11.8. The lowest BCUT2D eigenvalue weighted by atomic mass is 10.0. The fraction of sp³-hybridized carbons (Fsp3) is 0.444. The fourth-order valence-electron chi connectivity index (χ4n) is 4.69. The SMILES string of the molecule is CC.Cn1cc(-c2cc([N+](=O)[O-])ccc2Oc2cccc(OCCOCCOCCOCCOCC(=O)OC(C)(C)C)c2)c2ccn(SI)c2c1=O. The molecule has 4 aromatic rings. The summed E-state index contributed by atoms with van der Waals surface area (Å²) in [6.45, 7) is 12.1. The van der Waals surface area contributed by atoms with Crippen LogP contribution in [0.4, 0.5) is 5.69 Å². The molecule has 0 amide bonds. The zero-order chi connectivity index (χ0) is 38.1. The molecule has 14 nitrogen and oxygen atoms in total. The Morgan fingerprint density at radius 2 is 1.48 bits per heavy atom. The molecule has 0 bridgehead atoms. The zero-order valence-electron chi connectivity index (χ0n) is 30.3. The lowest BCUT2D eigenvalue weighted by Gasteiger charge is -2.19. The number of esters is 1. The van der Waals surface area contributed by atoms with Crippen molar-refractivity contribution in [3.8, 4) is 28.4 Å². The molecule has 0 aliphatic heterocycles. The number of non-ortho nitro benzene ring substituents is 1. The molecule has 4 rings (SSSR count). The van der Waals surface area contributed by atoms with Gasteiger partial charge in [0, 0.05) is 84.5 Å². The molecule has 2 aromatic heterocycles. The highest BCUT2D eigenvalue weighted by atomic mass is 127. The van der Waals surface area contributed by atoms with Crippen molar-refractivity contribution in [2.24, 2.45) is 7.05 Å². The first kappa shape index (κ1) is 42.7. The summed E-state index contributed by atoms with van der Waals surface area (Å²) in [7, 11) is 3.00. The maximum Gasteiger partial charge on any atom is 0.332 e. The van der Waals surface area contributed by atoms with E-state index in [9.17, 15) is 19.7 Å². The maximum absolute atomic E-state index is 13.0. The van der Waals surface area contributed by atoms with E-state index in [4.69, 9.17) is 33.2 Å². The van der Waals surface area contributed by atoms with Crippen molar-refractivity contribution in [1.29, 1.82) is 0 Å². The number of hydrogen-bond acceptors (Lipinski definition) is 12. The third-order valence-corrected chi connectivity index (χ3v) is 8.54. The summed E-state index contributed by atoms with van der Waals surface area (Å²) in [5.41, 5.74) is 0.724. The minimum absolute atomic E-state index is 0.105. The van der Waals surface area contributed by atoms with Gasteiger partial charge in [0.1, 0.15) is 41.6 Å². The van der Waals surface area contributed by atoms with Crippen molar-refractivity contribution in [3.63, 3.8) is 0 Å². The minimum Gasteiger partial charge on any atom is -0.491 e. The summed E-state index contributed by atoms with van der Waals surface area (Å²) in [6, 6.07) is 13.2. The standard InChI is InChI=1S/C34H40IN3O11S.C2H6/c1-34(2,3)49-31(39)23-46-17-16-44-13-12-43-14-15-45-18-19-47-25-6-5-7-26(21-25)48-30-9-8-24(38(41)42)20-28(30)29-22-36(4)33(40)32-27(29)10-11-37(32)50-35;1-2/h5-11,20-22H,12-19,23H2,1-4H3;1-2H3. The summed E-state index contributed by atoms with van der Waals surface area (Å²) >= 11 is 2.10. The number of nitro groups is 1. The van der Waals surface area contributed by atoms with E-state index in [0.29, 0.717) is 85.5 Å². The molecular weight excluding hydrogens is 809 g/mol. The third-order valence-electron chi connectivity index (χ3n) is 6.81. The number of halogens is 1. The first-order valence-electron chi connectivity index (χ1n) is 16.7. The number of rotatable bonds is 20. The summed E-state index contributed by atoms with van der Waals surface area (Å²) in [5.74, 6) is 0.984. The van der Waals surface area contributed by atoms with Gasteiger partial charge in [0.2, 0.25) is 0 Å². The van der Waals surface area contributed by atoms with E-state index in [0.717, 1.165) is 0 Å². The molecule has 0 N–H and O–H groups in total. The summed E-state index contributed by atoms with van der Waals surface area (Å²) in [5, 5.41) is 12.3. The third kappa shape index (κ3) is 13.4. The Morgan fingerprint density at radius 3 is 2.10 bits per heavy atom. The Kier molecular flexibility index (Phi) is 17.9. The Labute approximate surface area is 319 Å². The van der Waals surface area contributed by atoms with Gasteiger partial charge in [-0.25, -0.2) is 4.79 Å². The van der Waals surface area contributed by atoms with Crippen LogP contribution in [0.2, 0.25) is 0 Å². The van der Waals surface area contributed by atoms with Crippen molar-refractivity contribution >= 4 is 52.9 Å². The lowest BCUT2D eigenvalue weighted by molar-refractivity contribution is -0.384. The highest BCUT2D eigenvalue weighted by Gasteiger charge is 2.20. The summed E-state index contributed by atoms with van der Waals surface area (Å²) in [4.78, 5) is 35.8. The van der Waals surface area contributed by atoms with Crippen LogP contribution in [-0.4, -0.2) is 84.5 Å². The van der Waals surface area contributed by atoms with Crippen LogP contribution in [0, 0.1) is 10.1 Å². The second-order valence-corrected chi connectivity index (χ2v) is 13.5. The van der Waals surface area contributed by atoms with E-state index in [2.05, 4.69) is 21.2 Å². The van der Waals surface area contributed by atoms with Crippen molar-refractivity contribution < 1.29 is 42.9 Å². The van der Waals surface area contributed by atoms with Gasteiger partial charge in [-0.2, -0.15) is 0 Å². The normalized spacial score (nSPS) is 11.2.